The topological polar surface area (TPSA) is 125 Å². The van der Waals surface area contributed by atoms with Gasteiger partial charge in [-0.25, -0.2) is 9.78 Å². The fraction of sp³-hybridized carbons (Fsp3) is 0.304. The number of thiazole rings is 1. The van der Waals surface area contributed by atoms with Crippen LogP contribution in [0.5, 0.6) is 0 Å². The van der Waals surface area contributed by atoms with Crippen LogP contribution in [0.1, 0.15) is 47.9 Å². The number of para-hydroxylation sites is 1. The highest BCUT2D eigenvalue weighted by Gasteiger charge is 2.51. The molecule has 2 unspecified atom stereocenters. The molecule has 168 valence electrons. The number of aliphatic carboxylic acids is 2. The normalized spacial score (nSPS) is 13.6. The minimum absolute atomic E-state index is 0.0693. The monoisotopic (exact) mass is 473 g/mol. The van der Waals surface area contributed by atoms with Crippen LogP contribution in [0.3, 0.4) is 0 Å². The smallest absolute Gasteiger partial charge is 0.335 e. The lowest BCUT2D eigenvalue weighted by Crippen LogP contribution is -2.44. The summed E-state index contributed by atoms with van der Waals surface area (Å²) in [6.45, 7) is 3.36. The van der Waals surface area contributed by atoms with Crippen LogP contribution >= 0.6 is 23.1 Å². The van der Waals surface area contributed by atoms with Gasteiger partial charge in [-0.3, -0.25) is 9.59 Å². The fourth-order valence-electron chi connectivity index (χ4n) is 3.93. The molecule has 2 atom stereocenters. The summed E-state index contributed by atoms with van der Waals surface area (Å²) in [6.07, 6.45) is 0.278. The molecule has 3 N–H and O–H groups in total. The largest absolute Gasteiger partial charge is 0.481 e. The van der Waals surface area contributed by atoms with Gasteiger partial charge >= 0.3 is 17.9 Å². The lowest BCUT2D eigenvalue weighted by atomic mass is 9.68. The molecule has 0 saturated carbocycles. The molecule has 0 bridgehead atoms. The molecule has 0 spiro atoms. The van der Waals surface area contributed by atoms with Crippen LogP contribution in [0.15, 0.2) is 52.9 Å². The Balaban J connectivity index is 2.15. The number of fused-ring (bicyclic) bond motifs is 1. The van der Waals surface area contributed by atoms with E-state index in [1.54, 1.807) is 26.0 Å². The van der Waals surface area contributed by atoms with Gasteiger partial charge in [-0.05, 0) is 42.7 Å². The van der Waals surface area contributed by atoms with Crippen molar-refractivity contribution in [1.29, 1.82) is 0 Å². The number of aromatic nitrogens is 1. The molecule has 9 heteroatoms. The van der Waals surface area contributed by atoms with Crippen molar-refractivity contribution in [1.82, 2.24) is 4.98 Å². The van der Waals surface area contributed by atoms with Gasteiger partial charge in [-0.15, -0.1) is 11.3 Å². The van der Waals surface area contributed by atoms with Crippen molar-refractivity contribution in [3.63, 3.8) is 0 Å². The summed E-state index contributed by atoms with van der Waals surface area (Å²) in [5.41, 5.74) is -0.104. The molecule has 0 aliphatic rings. The number of rotatable bonds is 10. The number of thioether (sulfide) groups is 1. The highest BCUT2D eigenvalue weighted by atomic mass is 32.2. The van der Waals surface area contributed by atoms with Crippen LogP contribution in [-0.2, 0) is 9.59 Å². The van der Waals surface area contributed by atoms with Crippen molar-refractivity contribution in [2.24, 2.45) is 11.3 Å². The van der Waals surface area contributed by atoms with E-state index in [1.165, 1.54) is 35.2 Å². The summed E-state index contributed by atoms with van der Waals surface area (Å²) in [5.74, 6) is -4.73. The first-order valence-corrected chi connectivity index (χ1v) is 11.7. The maximum absolute atomic E-state index is 12.5. The second-order valence-electron chi connectivity index (χ2n) is 7.40. The van der Waals surface area contributed by atoms with Gasteiger partial charge in [-0.2, -0.15) is 0 Å². The number of carbonyl (C=O) groups is 3. The number of hydrogen-bond acceptors (Lipinski definition) is 6. The van der Waals surface area contributed by atoms with Gasteiger partial charge in [-0.1, -0.05) is 49.9 Å². The molecule has 3 rings (SSSR count). The van der Waals surface area contributed by atoms with Gasteiger partial charge in [0.05, 0.1) is 32.4 Å². The summed E-state index contributed by atoms with van der Waals surface area (Å²) in [5, 5.41) is 28.7. The molecule has 0 fully saturated rings. The summed E-state index contributed by atoms with van der Waals surface area (Å²) >= 11 is 2.62. The maximum Gasteiger partial charge on any atom is 0.335 e. The Morgan fingerprint density at radius 1 is 1.00 bits per heavy atom. The van der Waals surface area contributed by atoms with Gasteiger partial charge < -0.3 is 15.3 Å². The van der Waals surface area contributed by atoms with Crippen LogP contribution in [0.2, 0.25) is 0 Å². The van der Waals surface area contributed by atoms with Crippen molar-refractivity contribution in [2.45, 2.75) is 36.3 Å². The molecular weight excluding hydrogens is 450 g/mol. The number of carboxylic acid groups (broad SMARTS) is 3. The van der Waals surface area contributed by atoms with Crippen molar-refractivity contribution in [3.8, 4) is 0 Å². The number of nitrogens with zero attached hydrogens (tertiary/aromatic N) is 1. The van der Waals surface area contributed by atoms with E-state index in [2.05, 4.69) is 4.98 Å². The zero-order valence-electron chi connectivity index (χ0n) is 17.5. The van der Waals surface area contributed by atoms with Crippen LogP contribution in [0.4, 0.5) is 0 Å². The van der Waals surface area contributed by atoms with E-state index in [1.807, 2.05) is 24.3 Å². The van der Waals surface area contributed by atoms with E-state index >= 15 is 0 Å². The molecule has 0 saturated heterocycles. The van der Waals surface area contributed by atoms with Crippen molar-refractivity contribution >= 4 is 51.2 Å². The van der Waals surface area contributed by atoms with Gasteiger partial charge in [0.2, 0.25) is 0 Å². The average Bonchev–Trinajstić information content (AvgIpc) is 3.18. The minimum Gasteiger partial charge on any atom is -0.481 e. The Bertz CT molecular complexity index is 1100. The van der Waals surface area contributed by atoms with E-state index < -0.39 is 34.5 Å². The molecule has 2 aromatic carbocycles. The van der Waals surface area contributed by atoms with E-state index in [0.717, 1.165) is 10.2 Å². The van der Waals surface area contributed by atoms with Gasteiger partial charge in [0, 0.05) is 0 Å². The molecule has 1 heterocycles. The quantitative estimate of drug-likeness (QED) is 0.333. The van der Waals surface area contributed by atoms with E-state index in [0.29, 0.717) is 9.90 Å². The van der Waals surface area contributed by atoms with Gasteiger partial charge in [0.1, 0.15) is 0 Å². The Morgan fingerprint density at radius 3 is 2.12 bits per heavy atom. The Morgan fingerprint density at radius 2 is 1.62 bits per heavy atom. The third kappa shape index (κ3) is 4.49. The summed E-state index contributed by atoms with van der Waals surface area (Å²) in [6, 6.07) is 13.5. The standard InChI is InChI=1S/C23H23NO6S2/c1-3-23(4-2,21(29)30)17(20(27)28)18(13-9-11-14(12-10-13)19(25)26)32-22-24-15-7-5-6-8-16(15)31-22/h5-12,17-18H,3-4H2,1-2H3,(H,25,26)(H,27,28)(H,29,30). The maximum atomic E-state index is 12.5. The SMILES string of the molecule is CCC(CC)(C(=O)O)C(C(=O)O)C(Sc1nc2ccccc2s1)c1ccc(C(=O)O)cc1. The molecular formula is C23H23NO6S2. The summed E-state index contributed by atoms with van der Waals surface area (Å²) in [7, 11) is 0. The number of hydrogen-bond donors (Lipinski definition) is 3. The second-order valence-corrected chi connectivity index (χ2v) is 9.82. The third-order valence-electron chi connectivity index (χ3n) is 5.84. The zero-order chi connectivity index (χ0) is 23.5. The van der Waals surface area contributed by atoms with Gasteiger partial charge in [0.15, 0.2) is 4.34 Å². The van der Waals surface area contributed by atoms with Crippen LogP contribution in [-0.4, -0.2) is 38.2 Å². The molecule has 0 amide bonds. The summed E-state index contributed by atoms with van der Waals surface area (Å²) < 4.78 is 1.56. The van der Waals surface area contributed by atoms with Crippen LogP contribution in [0.25, 0.3) is 10.2 Å². The second kappa shape index (κ2) is 9.70. The Labute approximate surface area is 193 Å². The predicted molar refractivity (Wildman–Crippen MR) is 123 cm³/mol. The lowest BCUT2D eigenvalue weighted by molar-refractivity contribution is -0.163. The molecule has 0 aliphatic carbocycles. The van der Waals surface area contributed by atoms with Crippen molar-refractivity contribution in [3.05, 3.63) is 59.7 Å². The molecule has 0 radical (unpaired) electrons. The van der Waals surface area contributed by atoms with Gasteiger partial charge in [0.25, 0.3) is 0 Å². The highest BCUT2D eigenvalue weighted by molar-refractivity contribution is 8.01. The zero-order valence-corrected chi connectivity index (χ0v) is 19.2. The fourth-order valence-corrected chi connectivity index (χ4v) is 6.58. The average molecular weight is 474 g/mol. The van der Waals surface area contributed by atoms with E-state index in [4.69, 9.17) is 0 Å². The molecule has 7 nitrogen and oxygen atoms in total. The van der Waals surface area contributed by atoms with E-state index in [9.17, 15) is 29.7 Å². The minimum atomic E-state index is -1.49. The molecule has 3 aromatic rings. The first-order chi connectivity index (χ1) is 15.2. The Kier molecular flexibility index (Phi) is 7.20. The number of aromatic carboxylic acids is 1. The van der Waals surface area contributed by atoms with Crippen molar-refractivity contribution in [2.75, 3.05) is 0 Å². The van der Waals surface area contributed by atoms with Crippen LogP contribution < -0.4 is 0 Å². The third-order valence-corrected chi connectivity index (χ3v) is 8.30. The Hall–Kier alpha value is -2.91. The first kappa shape index (κ1) is 23.7. The number of benzene rings is 2. The number of carboxylic acids is 3. The lowest BCUT2D eigenvalue weighted by Gasteiger charge is -2.37. The van der Waals surface area contributed by atoms with E-state index in [-0.39, 0.29) is 18.4 Å². The first-order valence-electron chi connectivity index (χ1n) is 10.0. The molecule has 0 aliphatic heterocycles. The molecule has 32 heavy (non-hydrogen) atoms. The molecule has 1 aromatic heterocycles. The summed E-state index contributed by atoms with van der Waals surface area (Å²) in [4.78, 5) is 40.7. The predicted octanol–water partition coefficient (Wildman–Crippen LogP) is 5.42. The van der Waals surface area contributed by atoms with Crippen LogP contribution in [0, 0.1) is 11.3 Å². The van der Waals surface area contributed by atoms with Crippen molar-refractivity contribution < 1.29 is 29.7 Å². The highest BCUT2D eigenvalue weighted by Crippen LogP contribution is 2.52.